The number of hydrogen-bond acceptors (Lipinski definition) is 2. The number of benzene rings is 2. The highest BCUT2D eigenvalue weighted by Gasteiger charge is 2.40. The highest BCUT2D eigenvalue weighted by Crippen LogP contribution is 2.28. The van der Waals surface area contributed by atoms with Gasteiger partial charge in [-0.15, -0.1) is 0 Å². The molecule has 6 heteroatoms. The van der Waals surface area contributed by atoms with Gasteiger partial charge in [-0.3, -0.25) is 4.79 Å². The Morgan fingerprint density at radius 1 is 1.08 bits per heavy atom. The minimum absolute atomic E-state index is 0.312. The minimum Gasteiger partial charge on any atom is -0.494 e. The standard InChI is InChI=1S/C20H18F3NO2/c1-14-7-9-15(10-8-14)26-12-4-11-24-13-17(19(25)20(21,22)23)16-5-2-3-6-18(16)24/h2-3,5-10,13H,4,11-12H2,1H3. The van der Waals surface area contributed by atoms with Gasteiger partial charge in [0, 0.05) is 23.6 Å². The molecule has 26 heavy (non-hydrogen) atoms. The summed E-state index contributed by atoms with van der Waals surface area (Å²) >= 11 is 0. The van der Waals surface area contributed by atoms with Crippen LogP contribution in [0.25, 0.3) is 10.9 Å². The lowest BCUT2D eigenvalue weighted by atomic mass is 10.1. The number of carbonyl (C=O) groups excluding carboxylic acids is 1. The Bertz CT molecular complexity index is 911. The maximum absolute atomic E-state index is 12.8. The lowest BCUT2D eigenvalue weighted by Crippen LogP contribution is -2.22. The fourth-order valence-corrected chi connectivity index (χ4v) is 2.82. The van der Waals surface area contributed by atoms with Crippen LogP contribution in [-0.2, 0) is 6.54 Å². The summed E-state index contributed by atoms with van der Waals surface area (Å²) in [5.74, 6) is -1.07. The molecular weight excluding hydrogens is 343 g/mol. The van der Waals surface area contributed by atoms with Crippen molar-refractivity contribution in [1.29, 1.82) is 0 Å². The Morgan fingerprint density at radius 2 is 1.77 bits per heavy atom. The summed E-state index contributed by atoms with van der Waals surface area (Å²) in [6, 6.07) is 14.3. The Kier molecular flexibility index (Phi) is 5.02. The molecule has 0 bridgehead atoms. The third kappa shape index (κ3) is 3.90. The van der Waals surface area contributed by atoms with Gasteiger partial charge in [0.15, 0.2) is 0 Å². The summed E-state index contributed by atoms with van der Waals surface area (Å²) in [5.41, 5.74) is 1.43. The normalized spacial score (nSPS) is 11.7. The van der Waals surface area contributed by atoms with Crippen LogP contribution in [0.15, 0.2) is 54.7 Å². The molecule has 0 saturated carbocycles. The lowest BCUT2D eigenvalue weighted by Gasteiger charge is -2.08. The lowest BCUT2D eigenvalue weighted by molar-refractivity contribution is -0.0884. The van der Waals surface area contributed by atoms with E-state index in [1.807, 2.05) is 31.2 Å². The Hall–Kier alpha value is -2.76. The van der Waals surface area contributed by atoms with Gasteiger partial charge in [0.1, 0.15) is 5.75 Å². The van der Waals surface area contributed by atoms with Crippen LogP contribution in [0.1, 0.15) is 22.3 Å². The van der Waals surface area contributed by atoms with E-state index >= 15 is 0 Å². The number of ether oxygens (including phenoxy) is 1. The van der Waals surface area contributed by atoms with E-state index in [-0.39, 0.29) is 5.56 Å². The van der Waals surface area contributed by atoms with Gasteiger partial charge in [-0.05, 0) is 31.5 Å². The van der Waals surface area contributed by atoms with E-state index in [0.717, 1.165) is 11.3 Å². The van der Waals surface area contributed by atoms with Gasteiger partial charge in [-0.1, -0.05) is 35.9 Å². The summed E-state index contributed by atoms with van der Waals surface area (Å²) < 4.78 is 45.8. The summed E-state index contributed by atoms with van der Waals surface area (Å²) in [5, 5.41) is 0.314. The molecule has 0 aliphatic heterocycles. The number of carbonyl (C=O) groups is 1. The minimum atomic E-state index is -4.89. The second kappa shape index (κ2) is 7.23. The van der Waals surface area contributed by atoms with Crippen molar-refractivity contribution in [1.82, 2.24) is 4.57 Å². The summed E-state index contributed by atoms with van der Waals surface area (Å²) in [4.78, 5) is 11.7. The molecular formula is C20H18F3NO2. The molecule has 0 amide bonds. The molecule has 0 aliphatic carbocycles. The van der Waals surface area contributed by atoms with Gasteiger partial charge in [0.2, 0.25) is 0 Å². The quantitative estimate of drug-likeness (QED) is 0.448. The maximum atomic E-state index is 12.8. The zero-order valence-corrected chi connectivity index (χ0v) is 14.2. The average Bonchev–Trinajstić information content (AvgIpc) is 2.97. The first-order valence-electron chi connectivity index (χ1n) is 8.25. The van der Waals surface area contributed by atoms with Crippen molar-refractivity contribution in [3.05, 3.63) is 65.9 Å². The van der Waals surface area contributed by atoms with Crippen LogP contribution >= 0.6 is 0 Å². The van der Waals surface area contributed by atoms with Crippen LogP contribution in [0, 0.1) is 6.92 Å². The molecule has 0 spiro atoms. The van der Waals surface area contributed by atoms with E-state index in [1.54, 1.807) is 22.8 Å². The number of rotatable bonds is 6. The van der Waals surface area contributed by atoms with Crippen molar-refractivity contribution in [3.63, 3.8) is 0 Å². The third-order valence-corrected chi connectivity index (χ3v) is 4.12. The Labute approximate surface area is 149 Å². The highest BCUT2D eigenvalue weighted by atomic mass is 19.4. The van der Waals surface area contributed by atoms with Crippen molar-refractivity contribution in [2.24, 2.45) is 0 Å². The number of fused-ring (bicyclic) bond motifs is 1. The predicted molar refractivity (Wildman–Crippen MR) is 93.6 cm³/mol. The first kappa shape index (κ1) is 18.0. The van der Waals surface area contributed by atoms with E-state index in [2.05, 4.69) is 0 Å². The number of hydrogen-bond donors (Lipinski definition) is 0. The van der Waals surface area contributed by atoms with Crippen molar-refractivity contribution >= 4 is 16.7 Å². The molecule has 1 heterocycles. The molecule has 0 aliphatic rings. The van der Waals surface area contributed by atoms with Gasteiger partial charge >= 0.3 is 6.18 Å². The largest absolute Gasteiger partial charge is 0.494 e. The molecule has 3 aromatic rings. The first-order valence-corrected chi connectivity index (χ1v) is 8.25. The number of halogens is 3. The molecule has 0 fully saturated rings. The number of para-hydroxylation sites is 1. The van der Waals surface area contributed by atoms with E-state index in [4.69, 9.17) is 4.74 Å². The Balaban J connectivity index is 1.72. The zero-order valence-electron chi connectivity index (χ0n) is 14.2. The van der Waals surface area contributed by atoms with Gasteiger partial charge < -0.3 is 9.30 Å². The predicted octanol–water partition coefficient (Wildman–Crippen LogP) is 5.16. The van der Waals surface area contributed by atoms with Gasteiger partial charge in [-0.25, -0.2) is 0 Å². The van der Waals surface area contributed by atoms with Crippen LogP contribution in [0.3, 0.4) is 0 Å². The van der Waals surface area contributed by atoms with Crippen molar-refractivity contribution in [2.75, 3.05) is 6.61 Å². The van der Waals surface area contributed by atoms with Gasteiger partial charge in [0.25, 0.3) is 5.78 Å². The van der Waals surface area contributed by atoms with E-state index in [1.165, 1.54) is 12.3 Å². The van der Waals surface area contributed by atoms with Crippen LogP contribution in [0.5, 0.6) is 5.75 Å². The fourth-order valence-electron chi connectivity index (χ4n) is 2.82. The first-order chi connectivity index (χ1) is 12.4. The van der Waals surface area contributed by atoms with E-state index < -0.39 is 12.0 Å². The molecule has 0 unspecified atom stereocenters. The molecule has 0 radical (unpaired) electrons. The summed E-state index contributed by atoms with van der Waals surface area (Å²) in [6.07, 6.45) is -3.00. The smallest absolute Gasteiger partial charge is 0.454 e. The number of Topliss-reactive ketones (excluding diaryl/α,β-unsaturated/α-hetero) is 1. The van der Waals surface area contributed by atoms with Gasteiger partial charge in [0.05, 0.1) is 12.2 Å². The molecule has 0 N–H and O–H groups in total. The molecule has 3 rings (SSSR count). The molecule has 136 valence electrons. The number of aryl methyl sites for hydroxylation is 2. The number of nitrogens with zero attached hydrogens (tertiary/aromatic N) is 1. The molecule has 0 atom stereocenters. The number of aromatic nitrogens is 1. The monoisotopic (exact) mass is 361 g/mol. The summed E-state index contributed by atoms with van der Waals surface area (Å²) in [7, 11) is 0. The Morgan fingerprint density at radius 3 is 2.46 bits per heavy atom. The zero-order chi connectivity index (χ0) is 18.7. The van der Waals surface area contributed by atoms with Crippen molar-refractivity contribution in [3.8, 4) is 5.75 Å². The highest BCUT2D eigenvalue weighted by molar-refractivity contribution is 6.10. The number of ketones is 1. The van der Waals surface area contributed by atoms with Crippen LogP contribution < -0.4 is 4.74 Å². The summed E-state index contributed by atoms with van der Waals surface area (Å²) in [6.45, 7) is 2.87. The van der Waals surface area contributed by atoms with Crippen molar-refractivity contribution < 1.29 is 22.7 Å². The van der Waals surface area contributed by atoms with Crippen LogP contribution in [-0.4, -0.2) is 23.1 Å². The van der Waals surface area contributed by atoms with E-state index in [9.17, 15) is 18.0 Å². The van der Waals surface area contributed by atoms with Crippen molar-refractivity contribution in [2.45, 2.75) is 26.1 Å². The third-order valence-electron chi connectivity index (χ3n) is 4.12. The second-order valence-corrected chi connectivity index (χ2v) is 6.10. The average molecular weight is 361 g/mol. The topological polar surface area (TPSA) is 31.2 Å². The van der Waals surface area contributed by atoms with Crippen LogP contribution in [0.4, 0.5) is 13.2 Å². The molecule has 2 aromatic carbocycles. The van der Waals surface area contributed by atoms with Gasteiger partial charge in [-0.2, -0.15) is 13.2 Å². The fraction of sp³-hybridized carbons (Fsp3) is 0.250. The second-order valence-electron chi connectivity index (χ2n) is 6.10. The van der Waals surface area contributed by atoms with E-state index in [0.29, 0.717) is 30.5 Å². The number of alkyl halides is 3. The maximum Gasteiger partial charge on any atom is 0.454 e. The molecule has 3 nitrogen and oxygen atoms in total. The SMILES string of the molecule is Cc1ccc(OCCCn2cc(C(=O)C(F)(F)F)c3ccccc32)cc1. The molecule has 1 aromatic heterocycles. The molecule has 0 saturated heterocycles. The van der Waals surface area contributed by atoms with Crippen LogP contribution in [0.2, 0.25) is 0 Å².